The fraction of sp³-hybridized carbons (Fsp3) is 0.458. The van der Waals surface area contributed by atoms with Crippen molar-refractivity contribution in [2.24, 2.45) is 0 Å². The average molecular weight is 397 g/mol. The summed E-state index contributed by atoms with van der Waals surface area (Å²) in [5.41, 5.74) is 1.78. The van der Waals surface area contributed by atoms with Gasteiger partial charge in [-0.3, -0.25) is 9.69 Å². The largest absolute Gasteiger partial charge is 0.497 e. The Hall–Kier alpha value is -2.40. The number of benzene rings is 2. The maximum absolute atomic E-state index is 13.5. The molecule has 0 spiro atoms. The predicted molar refractivity (Wildman–Crippen MR) is 111 cm³/mol. The number of rotatable bonds is 5. The molecule has 1 amide bonds. The van der Waals surface area contributed by atoms with Crippen LogP contribution in [-0.4, -0.2) is 49.0 Å². The number of methoxy groups -OCH3 is 1. The third-order valence-electron chi connectivity index (χ3n) is 6.45. The van der Waals surface area contributed by atoms with Crippen molar-refractivity contribution in [2.45, 2.75) is 37.6 Å². The summed E-state index contributed by atoms with van der Waals surface area (Å²) < 4.78 is 18.6. The van der Waals surface area contributed by atoms with Crippen molar-refractivity contribution in [1.82, 2.24) is 9.80 Å². The Morgan fingerprint density at radius 2 is 1.69 bits per heavy atom. The van der Waals surface area contributed by atoms with Gasteiger partial charge in [-0.15, -0.1) is 0 Å². The Bertz CT molecular complexity index is 831. The van der Waals surface area contributed by atoms with E-state index in [1.54, 1.807) is 19.2 Å². The molecule has 1 aliphatic carbocycles. The second-order valence-corrected chi connectivity index (χ2v) is 8.21. The summed E-state index contributed by atoms with van der Waals surface area (Å²) in [5, 5.41) is 0. The van der Waals surface area contributed by atoms with Crippen LogP contribution in [0, 0.1) is 5.82 Å². The number of hydrogen-bond acceptors (Lipinski definition) is 3. The molecule has 0 radical (unpaired) electrons. The van der Waals surface area contributed by atoms with Crippen molar-refractivity contribution in [3.8, 4) is 5.75 Å². The van der Waals surface area contributed by atoms with Gasteiger partial charge in [-0.25, -0.2) is 4.39 Å². The second kappa shape index (κ2) is 8.54. The summed E-state index contributed by atoms with van der Waals surface area (Å²) >= 11 is 0. The van der Waals surface area contributed by atoms with E-state index in [1.165, 1.54) is 17.7 Å². The second-order valence-electron chi connectivity index (χ2n) is 8.21. The number of carbonyl (C=O) groups excluding carboxylic acids is 1. The number of ether oxygens (including phenoxy) is 1. The van der Waals surface area contributed by atoms with E-state index in [4.69, 9.17) is 4.74 Å². The molecule has 1 saturated carbocycles. The molecule has 2 aliphatic rings. The van der Waals surface area contributed by atoms with Gasteiger partial charge in [-0.05, 0) is 54.7 Å². The first kappa shape index (κ1) is 19.9. The van der Waals surface area contributed by atoms with Crippen molar-refractivity contribution in [3.05, 3.63) is 65.5 Å². The number of hydrogen-bond donors (Lipinski definition) is 0. The summed E-state index contributed by atoms with van der Waals surface area (Å²) in [6, 6.07) is 14.7. The first-order chi connectivity index (χ1) is 14.1. The minimum absolute atomic E-state index is 0.224. The fourth-order valence-corrected chi connectivity index (χ4v) is 4.55. The molecular weight excluding hydrogens is 367 g/mol. The van der Waals surface area contributed by atoms with Crippen molar-refractivity contribution < 1.29 is 13.9 Å². The molecule has 29 heavy (non-hydrogen) atoms. The summed E-state index contributed by atoms with van der Waals surface area (Å²) in [4.78, 5) is 17.9. The van der Waals surface area contributed by atoms with Gasteiger partial charge in [-0.1, -0.05) is 30.7 Å². The van der Waals surface area contributed by atoms with E-state index in [9.17, 15) is 9.18 Å². The summed E-state index contributed by atoms with van der Waals surface area (Å²) in [6.07, 6.45) is 3.76. The van der Waals surface area contributed by atoms with E-state index in [2.05, 4.69) is 17.0 Å². The Balaban J connectivity index is 1.40. The molecule has 4 rings (SSSR count). The monoisotopic (exact) mass is 396 g/mol. The van der Waals surface area contributed by atoms with Crippen molar-refractivity contribution in [1.29, 1.82) is 0 Å². The van der Waals surface area contributed by atoms with Crippen LogP contribution in [0.4, 0.5) is 4.39 Å². The molecule has 5 heteroatoms. The van der Waals surface area contributed by atoms with Gasteiger partial charge >= 0.3 is 0 Å². The van der Waals surface area contributed by atoms with E-state index in [0.717, 1.165) is 69.7 Å². The van der Waals surface area contributed by atoms with Gasteiger partial charge in [0.1, 0.15) is 11.6 Å². The number of carbonyl (C=O) groups is 1. The van der Waals surface area contributed by atoms with Gasteiger partial charge in [0, 0.05) is 32.7 Å². The minimum atomic E-state index is -0.446. The van der Waals surface area contributed by atoms with Crippen LogP contribution in [0.15, 0.2) is 48.5 Å². The van der Waals surface area contributed by atoms with E-state index < -0.39 is 5.41 Å². The van der Waals surface area contributed by atoms with E-state index in [1.807, 2.05) is 17.0 Å². The molecule has 0 N–H and O–H groups in total. The van der Waals surface area contributed by atoms with Crippen LogP contribution in [0.5, 0.6) is 5.75 Å². The standard InChI is InChI=1S/C24H29FN2O2/c1-29-22-10-4-19(5-11-22)18-26-14-3-15-27(17-16-26)23(28)24(12-2-13-24)20-6-8-21(25)9-7-20/h4-11H,2-3,12-18H2,1H3. The highest BCUT2D eigenvalue weighted by Gasteiger charge is 2.47. The third kappa shape index (κ3) is 4.15. The van der Waals surface area contributed by atoms with Crippen LogP contribution in [0.1, 0.15) is 36.8 Å². The Morgan fingerprint density at radius 1 is 0.966 bits per heavy atom. The van der Waals surface area contributed by atoms with Gasteiger partial charge in [0.15, 0.2) is 0 Å². The Morgan fingerprint density at radius 3 is 2.31 bits per heavy atom. The molecule has 1 heterocycles. The lowest BCUT2D eigenvalue weighted by Gasteiger charge is -2.44. The minimum Gasteiger partial charge on any atom is -0.497 e. The molecule has 2 aromatic carbocycles. The lowest BCUT2D eigenvalue weighted by atomic mass is 9.63. The summed E-state index contributed by atoms with van der Waals surface area (Å²) in [6.45, 7) is 4.28. The zero-order valence-electron chi connectivity index (χ0n) is 17.1. The first-order valence-corrected chi connectivity index (χ1v) is 10.5. The molecule has 2 aromatic rings. The lowest BCUT2D eigenvalue weighted by Crippen LogP contribution is -2.51. The predicted octanol–water partition coefficient (Wildman–Crippen LogP) is 3.99. The highest BCUT2D eigenvalue weighted by atomic mass is 19.1. The molecule has 1 aliphatic heterocycles. The topological polar surface area (TPSA) is 32.8 Å². The number of nitrogens with zero attached hydrogens (tertiary/aromatic N) is 2. The molecule has 4 nitrogen and oxygen atoms in total. The molecule has 1 saturated heterocycles. The first-order valence-electron chi connectivity index (χ1n) is 10.5. The molecular formula is C24H29FN2O2. The maximum atomic E-state index is 13.5. The molecule has 0 atom stereocenters. The molecule has 0 aromatic heterocycles. The van der Waals surface area contributed by atoms with Gasteiger partial charge in [0.2, 0.25) is 5.91 Å². The number of halogens is 1. The Labute approximate surface area is 172 Å². The van der Waals surface area contributed by atoms with Crippen LogP contribution < -0.4 is 4.74 Å². The zero-order valence-corrected chi connectivity index (χ0v) is 17.1. The highest BCUT2D eigenvalue weighted by molar-refractivity contribution is 5.89. The van der Waals surface area contributed by atoms with Gasteiger partial charge in [0.05, 0.1) is 12.5 Å². The van der Waals surface area contributed by atoms with Crippen molar-refractivity contribution >= 4 is 5.91 Å². The summed E-state index contributed by atoms with van der Waals surface area (Å²) in [5.74, 6) is 0.842. The maximum Gasteiger partial charge on any atom is 0.233 e. The lowest BCUT2D eigenvalue weighted by molar-refractivity contribution is -0.140. The van der Waals surface area contributed by atoms with Crippen LogP contribution >= 0.6 is 0 Å². The zero-order chi connectivity index (χ0) is 20.3. The van der Waals surface area contributed by atoms with Crippen LogP contribution in [0.2, 0.25) is 0 Å². The summed E-state index contributed by atoms with van der Waals surface area (Å²) in [7, 11) is 1.68. The van der Waals surface area contributed by atoms with Crippen LogP contribution in [0.25, 0.3) is 0 Å². The smallest absolute Gasteiger partial charge is 0.233 e. The molecule has 0 bridgehead atoms. The van der Waals surface area contributed by atoms with Gasteiger partial charge in [0.25, 0.3) is 0 Å². The van der Waals surface area contributed by atoms with Crippen molar-refractivity contribution in [3.63, 3.8) is 0 Å². The Kier molecular flexibility index (Phi) is 5.86. The van der Waals surface area contributed by atoms with Crippen LogP contribution in [-0.2, 0) is 16.8 Å². The SMILES string of the molecule is COc1ccc(CN2CCCN(C(=O)C3(c4ccc(F)cc4)CCC3)CC2)cc1. The van der Waals surface area contributed by atoms with Crippen molar-refractivity contribution in [2.75, 3.05) is 33.3 Å². The van der Waals surface area contributed by atoms with E-state index in [-0.39, 0.29) is 11.7 Å². The van der Waals surface area contributed by atoms with E-state index in [0.29, 0.717) is 0 Å². The van der Waals surface area contributed by atoms with E-state index >= 15 is 0 Å². The molecule has 2 fully saturated rings. The highest BCUT2D eigenvalue weighted by Crippen LogP contribution is 2.45. The third-order valence-corrected chi connectivity index (χ3v) is 6.45. The van der Waals surface area contributed by atoms with Gasteiger partial charge in [-0.2, -0.15) is 0 Å². The molecule has 0 unspecified atom stereocenters. The molecule has 154 valence electrons. The quantitative estimate of drug-likeness (QED) is 0.766. The fourth-order valence-electron chi connectivity index (χ4n) is 4.55. The van der Waals surface area contributed by atoms with Crippen LogP contribution in [0.3, 0.4) is 0 Å². The number of amides is 1. The van der Waals surface area contributed by atoms with Gasteiger partial charge < -0.3 is 9.64 Å². The normalized spacial score (nSPS) is 19.3. The average Bonchev–Trinajstić information content (AvgIpc) is 2.94.